The molecule has 1 heterocycles. The van der Waals surface area contributed by atoms with Crippen molar-refractivity contribution in [2.45, 2.75) is 20.3 Å². The third-order valence-corrected chi connectivity index (χ3v) is 4.66. The van der Waals surface area contributed by atoms with Crippen LogP contribution in [-0.2, 0) is 9.59 Å². The molecule has 0 aliphatic carbocycles. The standard InChI is InChI=1S/C19H19N3O4/c1-12-6-3-4-8-16(12)21-11-14(10-18(21)23)19(24)20-15-7-5-9-17(13(15)2)22(25)26/h3-9,14H,10-11H2,1-2H3,(H,20,24)/t14-/m1/s1. The van der Waals surface area contributed by atoms with Crippen molar-refractivity contribution in [3.8, 4) is 0 Å². The van der Waals surface area contributed by atoms with Gasteiger partial charge in [0.25, 0.3) is 5.69 Å². The normalized spacial score (nSPS) is 16.6. The summed E-state index contributed by atoms with van der Waals surface area (Å²) < 4.78 is 0. The minimum atomic E-state index is -0.499. The van der Waals surface area contributed by atoms with Crippen molar-refractivity contribution in [2.24, 2.45) is 5.92 Å². The summed E-state index contributed by atoms with van der Waals surface area (Å²) in [6, 6.07) is 12.1. The summed E-state index contributed by atoms with van der Waals surface area (Å²) in [4.78, 5) is 37.1. The molecule has 0 aromatic heterocycles. The molecular weight excluding hydrogens is 334 g/mol. The van der Waals surface area contributed by atoms with Crippen LogP contribution in [0.3, 0.4) is 0 Å². The number of nitrogens with one attached hydrogen (secondary N) is 1. The lowest BCUT2D eigenvalue weighted by Crippen LogP contribution is -2.28. The van der Waals surface area contributed by atoms with Crippen LogP contribution in [0.2, 0.25) is 0 Å². The number of nitro benzene ring substituents is 1. The number of amides is 2. The molecule has 2 amide bonds. The summed E-state index contributed by atoms with van der Waals surface area (Å²) >= 11 is 0. The van der Waals surface area contributed by atoms with Crippen molar-refractivity contribution >= 4 is 28.9 Å². The van der Waals surface area contributed by atoms with Crippen LogP contribution in [0.25, 0.3) is 0 Å². The van der Waals surface area contributed by atoms with E-state index in [1.54, 1.807) is 17.9 Å². The Kier molecular flexibility index (Phi) is 4.71. The number of hydrogen-bond acceptors (Lipinski definition) is 4. The van der Waals surface area contributed by atoms with Gasteiger partial charge in [0.2, 0.25) is 11.8 Å². The number of hydrogen-bond donors (Lipinski definition) is 1. The molecule has 1 fully saturated rings. The SMILES string of the molecule is Cc1ccccc1N1C[C@H](C(=O)Nc2cccc([N+](=O)[O-])c2C)CC1=O. The molecule has 7 heteroatoms. The van der Waals surface area contributed by atoms with Crippen molar-refractivity contribution in [3.63, 3.8) is 0 Å². The van der Waals surface area contributed by atoms with E-state index in [1.165, 1.54) is 12.1 Å². The van der Waals surface area contributed by atoms with Gasteiger partial charge in [0, 0.05) is 24.7 Å². The number of aryl methyl sites for hydroxylation is 1. The highest BCUT2D eigenvalue weighted by atomic mass is 16.6. The fourth-order valence-electron chi connectivity index (χ4n) is 3.17. The second-order valence-corrected chi connectivity index (χ2v) is 6.39. The monoisotopic (exact) mass is 353 g/mol. The van der Waals surface area contributed by atoms with Gasteiger partial charge in [-0.05, 0) is 31.5 Å². The summed E-state index contributed by atoms with van der Waals surface area (Å²) in [6.45, 7) is 3.80. The third kappa shape index (κ3) is 3.28. The number of carbonyl (C=O) groups is 2. The third-order valence-electron chi connectivity index (χ3n) is 4.66. The minimum Gasteiger partial charge on any atom is -0.325 e. The Bertz CT molecular complexity index is 894. The maximum Gasteiger partial charge on any atom is 0.274 e. The Labute approximate surface area is 150 Å². The number of carbonyl (C=O) groups excluding carboxylic acids is 2. The van der Waals surface area contributed by atoms with Crippen LogP contribution in [-0.4, -0.2) is 23.3 Å². The van der Waals surface area contributed by atoms with E-state index in [4.69, 9.17) is 0 Å². The lowest BCUT2D eigenvalue weighted by Gasteiger charge is -2.19. The molecule has 7 nitrogen and oxygen atoms in total. The van der Waals surface area contributed by atoms with Crippen LogP contribution in [0.1, 0.15) is 17.5 Å². The van der Waals surface area contributed by atoms with Gasteiger partial charge in [0.1, 0.15) is 0 Å². The minimum absolute atomic E-state index is 0.0492. The Morgan fingerprint density at radius 3 is 2.62 bits per heavy atom. The molecule has 1 aliphatic rings. The summed E-state index contributed by atoms with van der Waals surface area (Å²) in [5.41, 5.74) is 2.51. The first kappa shape index (κ1) is 17.6. The summed E-state index contributed by atoms with van der Waals surface area (Å²) in [6.07, 6.45) is 0.119. The van der Waals surface area contributed by atoms with Gasteiger partial charge in [0.15, 0.2) is 0 Å². The van der Waals surface area contributed by atoms with Gasteiger partial charge in [-0.1, -0.05) is 24.3 Å². The number of para-hydroxylation sites is 1. The van der Waals surface area contributed by atoms with Crippen molar-refractivity contribution < 1.29 is 14.5 Å². The zero-order chi connectivity index (χ0) is 18.8. The maximum atomic E-state index is 12.6. The number of nitro groups is 1. The highest BCUT2D eigenvalue weighted by molar-refractivity contribution is 6.04. The highest BCUT2D eigenvalue weighted by Gasteiger charge is 2.35. The maximum absolute atomic E-state index is 12.6. The molecular formula is C19H19N3O4. The average molecular weight is 353 g/mol. The number of nitrogens with zero attached hydrogens (tertiary/aromatic N) is 2. The van der Waals surface area contributed by atoms with E-state index < -0.39 is 10.8 Å². The quantitative estimate of drug-likeness (QED) is 0.675. The van der Waals surface area contributed by atoms with E-state index in [0.29, 0.717) is 17.8 Å². The fourth-order valence-corrected chi connectivity index (χ4v) is 3.17. The number of rotatable bonds is 4. The first-order valence-corrected chi connectivity index (χ1v) is 8.29. The van der Waals surface area contributed by atoms with Crippen LogP contribution < -0.4 is 10.2 Å². The molecule has 2 aromatic carbocycles. The topological polar surface area (TPSA) is 92.6 Å². The Morgan fingerprint density at radius 1 is 1.19 bits per heavy atom. The Balaban J connectivity index is 1.76. The molecule has 0 radical (unpaired) electrons. The smallest absolute Gasteiger partial charge is 0.274 e. The van der Waals surface area contributed by atoms with E-state index in [-0.39, 0.29) is 23.9 Å². The molecule has 0 spiro atoms. The van der Waals surface area contributed by atoms with Crippen LogP contribution in [0.4, 0.5) is 17.1 Å². The summed E-state index contributed by atoms with van der Waals surface area (Å²) in [7, 11) is 0. The van der Waals surface area contributed by atoms with Gasteiger partial charge < -0.3 is 10.2 Å². The average Bonchev–Trinajstić information content (AvgIpc) is 2.98. The van der Waals surface area contributed by atoms with Crippen LogP contribution in [0.5, 0.6) is 0 Å². The van der Waals surface area contributed by atoms with Crippen LogP contribution in [0.15, 0.2) is 42.5 Å². The zero-order valence-corrected chi connectivity index (χ0v) is 14.6. The van der Waals surface area contributed by atoms with Crippen molar-refractivity contribution in [2.75, 3.05) is 16.8 Å². The van der Waals surface area contributed by atoms with Crippen molar-refractivity contribution in [1.29, 1.82) is 0 Å². The number of benzene rings is 2. The molecule has 1 N–H and O–H groups in total. The molecule has 1 atom stereocenters. The zero-order valence-electron chi connectivity index (χ0n) is 14.6. The first-order valence-electron chi connectivity index (χ1n) is 8.29. The highest BCUT2D eigenvalue weighted by Crippen LogP contribution is 2.30. The number of anilines is 2. The van der Waals surface area contributed by atoms with Gasteiger partial charge in [-0.25, -0.2) is 0 Å². The summed E-state index contributed by atoms with van der Waals surface area (Å²) in [5, 5.41) is 13.8. The van der Waals surface area contributed by atoms with Crippen molar-refractivity contribution in [3.05, 3.63) is 63.7 Å². The Morgan fingerprint density at radius 2 is 1.92 bits per heavy atom. The molecule has 1 saturated heterocycles. The van der Waals surface area contributed by atoms with Gasteiger partial charge in [-0.3, -0.25) is 19.7 Å². The van der Waals surface area contributed by atoms with Gasteiger partial charge in [-0.2, -0.15) is 0 Å². The molecule has 26 heavy (non-hydrogen) atoms. The molecule has 134 valence electrons. The van der Waals surface area contributed by atoms with E-state index in [9.17, 15) is 19.7 Å². The molecule has 1 aliphatic heterocycles. The van der Waals surface area contributed by atoms with E-state index in [0.717, 1.165) is 11.3 Å². The molecule has 0 bridgehead atoms. The van der Waals surface area contributed by atoms with Crippen LogP contribution in [0, 0.1) is 29.9 Å². The second kappa shape index (κ2) is 6.95. The molecule has 0 unspecified atom stereocenters. The van der Waals surface area contributed by atoms with Gasteiger partial charge >= 0.3 is 0 Å². The summed E-state index contributed by atoms with van der Waals surface area (Å²) in [5.74, 6) is -0.908. The lowest BCUT2D eigenvalue weighted by molar-refractivity contribution is -0.385. The fraction of sp³-hybridized carbons (Fsp3) is 0.263. The largest absolute Gasteiger partial charge is 0.325 e. The second-order valence-electron chi connectivity index (χ2n) is 6.39. The van der Waals surface area contributed by atoms with E-state index >= 15 is 0 Å². The predicted octanol–water partition coefficient (Wildman–Crippen LogP) is 3.20. The Hall–Kier alpha value is -3.22. The molecule has 2 aromatic rings. The van der Waals surface area contributed by atoms with E-state index in [2.05, 4.69) is 5.32 Å². The van der Waals surface area contributed by atoms with E-state index in [1.807, 2.05) is 31.2 Å². The van der Waals surface area contributed by atoms with Gasteiger partial charge in [0.05, 0.1) is 22.1 Å². The predicted molar refractivity (Wildman–Crippen MR) is 98.1 cm³/mol. The van der Waals surface area contributed by atoms with Gasteiger partial charge in [-0.15, -0.1) is 0 Å². The lowest BCUT2D eigenvalue weighted by atomic mass is 10.1. The first-order chi connectivity index (χ1) is 12.4. The van der Waals surface area contributed by atoms with Crippen LogP contribution >= 0.6 is 0 Å². The molecule has 3 rings (SSSR count). The molecule has 0 saturated carbocycles. The van der Waals surface area contributed by atoms with Crippen molar-refractivity contribution in [1.82, 2.24) is 0 Å².